The molecule has 0 saturated heterocycles. The Hall–Kier alpha value is -1.75. The van der Waals surface area contributed by atoms with Crippen LogP contribution in [0.2, 0.25) is 0 Å². The molecule has 0 saturated carbocycles. The molecule has 0 aliphatic heterocycles. The third kappa shape index (κ3) is 3.61. The molecule has 0 aliphatic rings. The van der Waals surface area contributed by atoms with Crippen LogP contribution in [0.1, 0.15) is 30.9 Å². The second kappa shape index (κ2) is 5.93. The second-order valence-electron chi connectivity index (χ2n) is 4.94. The van der Waals surface area contributed by atoms with E-state index in [-0.39, 0.29) is 0 Å². The summed E-state index contributed by atoms with van der Waals surface area (Å²) in [4.78, 5) is 0. The molecule has 0 atom stereocenters. The van der Waals surface area contributed by atoms with Gasteiger partial charge in [-0.3, -0.25) is 0 Å². The van der Waals surface area contributed by atoms with Crippen molar-refractivity contribution in [3.05, 3.63) is 35.4 Å². The van der Waals surface area contributed by atoms with Crippen molar-refractivity contribution in [1.29, 1.82) is 0 Å². The van der Waals surface area contributed by atoms with Gasteiger partial charge in [-0.15, -0.1) is 0 Å². The van der Waals surface area contributed by atoms with E-state index in [1.165, 1.54) is 0 Å². The van der Waals surface area contributed by atoms with Crippen molar-refractivity contribution in [3.63, 3.8) is 0 Å². The van der Waals surface area contributed by atoms with Crippen LogP contribution in [0.4, 0.5) is 0 Å². The smallest absolute Gasteiger partial charge is 0.212 e. The number of hydrogen-bond donors (Lipinski definition) is 1. The normalized spacial score (nSPS) is 11.2. The maximum atomic E-state index is 5.76. The average molecular weight is 263 g/mol. The van der Waals surface area contributed by atoms with Gasteiger partial charge >= 0.3 is 0 Å². The summed E-state index contributed by atoms with van der Waals surface area (Å²) in [5.41, 5.74) is 2.01. The standard InChI is InChI=1S/C14H21N3O2/c1-10(2)15-8-13-12(5-6-18-13)9-19-14-7-11(3)16-17(14)4/h5-7,10,15H,8-9H2,1-4H3. The van der Waals surface area contributed by atoms with E-state index in [9.17, 15) is 0 Å². The van der Waals surface area contributed by atoms with E-state index in [1.54, 1.807) is 10.9 Å². The fourth-order valence-electron chi connectivity index (χ4n) is 1.82. The Labute approximate surface area is 113 Å². The van der Waals surface area contributed by atoms with E-state index < -0.39 is 0 Å². The summed E-state index contributed by atoms with van der Waals surface area (Å²) in [6, 6.07) is 4.30. The molecule has 2 heterocycles. The number of aromatic nitrogens is 2. The number of aryl methyl sites for hydroxylation is 2. The maximum absolute atomic E-state index is 5.76. The summed E-state index contributed by atoms with van der Waals surface area (Å²) in [5, 5.41) is 7.58. The molecule has 0 bridgehead atoms. The van der Waals surface area contributed by atoms with Gasteiger partial charge < -0.3 is 14.5 Å². The molecule has 104 valence electrons. The molecule has 2 rings (SSSR count). The second-order valence-corrected chi connectivity index (χ2v) is 4.94. The molecule has 0 aliphatic carbocycles. The monoisotopic (exact) mass is 263 g/mol. The molecule has 2 aromatic heterocycles. The summed E-state index contributed by atoms with van der Waals surface area (Å²) < 4.78 is 13.0. The molecule has 5 heteroatoms. The Balaban J connectivity index is 1.96. The molecule has 1 N–H and O–H groups in total. The number of ether oxygens (including phenoxy) is 1. The zero-order valence-electron chi connectivity index (χ0n) is 11.9. The molecule has 0 spiro atoms. The van der Waals surface area contributed by atoms with Crippen LogP contribution in [0.15, 0.2) is 22.8 Å². The predicted molar refractivity (Wildman–Crippen MR) is 73.0 cm³/mol. The van der Waals surface area contributed by atoms with Gasteiger partial charge in [0.25, 0.3) is 0 Å². The van der Waals surface area contributed by atoms with Gasteiger partial charge in [0.1, 0.15) is 12.4 Å². The highest BCUT2D eigenvalue weighted by atomic mass is 16.5. The third-order valence-corrected chi connectivity index (χ3v) is 2.84. The summed E-state index contributed by atoms with van der Waals surface area (Å²) in [7, 11) is 1.87. The van der Waals surface area contributed by atoms with Gasteiger partial charge in [0.05, 0.1) is 18.5 Å². The topological polar surface area (TPSA) is 52.2 Å². The zero-order chi connectivity index (χ0) is 13.8. The number of nitrogens with one attached hydrogen (secondary N) is 1. The van der Waals surface area contributed by atoms with Gasteiger partial charge in [-0.2, -0.15) is 5.10 Å². The highest BCUT2D eigenvalue weighted by molar-refractivity contribution is 5.19. The summed E-state index contributed by atoms with van der Waals surface area (Å²) in [5.74, 6) is 1.69. The zero-order valence-corrected chi connectivity index (χ0v) is 11.9. The van der Waals surface area contributed by atoms with Crippen LogP contribution in [-0.4, -0.2) is 15.8 Å². The van der Waals surface area contributed by atoms with Gasteiger partial charge in [0.15, 0.2) is 0 Å². The summed E-state index contributed by atoms with van der Waals surface area (Å²) in [6.07, 6.45) is 1.70. The molecule has 0 aromatic carbocycles. The lowest BCUT2D eigenvalue weighted by molar-refractivity contribution is 0.275. The highest BCUT2D eigenvalue weighted by Crippen LogP contribution is 2.16. The fraction of sp³-hybridized carbons (Fsp3) is 0.500. The highest BCUT2D eigenvalue weighted by Gasteiger charge is 2.09. The molecule has 19 heavy (non-hydrogen) atoms. The SMILES string of the molecule is Cc1cc(OCc2ccoc2CNC(C)C)n(C)n1. The molecule has 0 unspecified atom stereocenters. The van der Waals surface area contributed by atoms with E-state index >= 15 is 0 Å². The molecule has 2 aromatic rings. The maximum Gasteiger partial charge on any atom is 0.212 e. The Morgan fingerprint density at radius 3 is 2.89 bits per heavy atom. The number of hydrogen-bond acceptors (Lipinski definition) is 4. The lowest BCUT2D eigenvalue weighted by Crippen LogP contribution is -2.22. The molecular weight excluding hydrogens is 242 g/mol. The first-order valence-corrected chi connectivity index (χ1v) is 6.48. The minimum absolute atomic E-state index is 0.429. The van der Waals surface area contributed by atoms with E-state index in [0.717, 1.165) is 22.9 Å². The van der Waals surface area contributed by atoms with E-state index in [4.69, 9.17) is 9.15 Å². The molecular formula is C14H21N3O2. The Morgan fingerprint density at radius 1 is 1.47 bits per heavy atom. The van der Waals surface area contributed by atoms with Crippen LogP contribution >= 0.6 is 0 Å². The van der Waals surface area contributed by atoms with Crippen molar-refractivity contribution < 1.29 is 9.15 Å². The van der Waals surface area contributed by atoms with E-state index in [0.29, 0.717) is 19.2 Å². The van der Waals surface area contributed by atoms with Gasteiger partial charge in [-0.05, 0) is 13.0 Å². The summed E-state index contributed by atoms with van der Waals surface area (Å²) in [6.45, 7) is 7.37. The van der Waals surface area contributed by atoms with Crippen molar-refractivity contribution in [1.82, 2.24) is 15.1 Å². The molecule has 5 nitrogen and oxygen atoms in total. The number of rotatable bonds is 6. The molecule has 0 radical (unpaired) electrons. The average Bonchev–Trinajstić information content (AvgIpc) is 2.90. The number of furan rings is 1. The van der Waals surface area contributed by atoms with Crippen molar-refractivity contribution in [2.75, 3.05) is 0 Å². The largest absolute Gasteiger partial charge is 0.473 e. The van der Waals surface area contributed by atoms with Gasteiger partial charge in [-0.25, -0.2) is 4.68 Å². The van der Waals surface area contributed by atoms with Crippen molar-refractivity contribution in [2.24, 2.45) is 7.05 Å². The van der Waals surface area contributed by atoms with Crippen molar-refractivity contribution in [3.8, 4) is 5.88 Å². The van der Waals surface area contributed by atoms with Crippen LogP contribution in [0.3, 0.4) is 0 Å². The first kappa shape index (κ1) is 13.7. The van der Waals surface area contributed by atoms with Crippen LogP contribution in [0.5, 0.6) is 5.88 Å². The third-order valence-electron chi connectivity index (χ3n) is 2.84. The fourth-order valence-corrected chi connectivity index (χ4v) is 1.82. The van der Waals surface area contributed by atoms with Crippen molar-refractivity contribution in [2.45, 2.75) is 40.0 Å². The lowest BCUT2D eigenvalue weighted by atomic mass is 10.2. The van der Waals surface area contributed by atoms with Crippen molar-refractivity contribution >= 4 is 0 Å². The quantitative estimate of drug-likeness (QED) is 0.869. The van der Waals surface area contributed by atoms with Gasteiger partial charge in [0.2, 0.25) is 5.88 Å². The van der Waals surface area contributed by atoms with Crippen LogP contribution in [0.25, 0.3) is 0 Å². The molecule has 0 amide bonds. The minimum Gasteiger partial charge on any atom is -0.473 e. The first-order chi connectivity index (χ1) is 9.06. The predicted octanol–water partition coefficient (Wildman–Crippen LogP) is 2.40. The van der Waals surface area contributed by atoms with Crippen LogP contribution < -0.4 is 10.1 Å². The van der Waals surface area contributed by atoms with Gasteiger partial charge in [-0.1, -0.05) is 13.8 Å². The first-order valence-electron chi connectivity index (χ1n) is 6.48. The lowest BCUT2D eigenvalue weighted by Gasteiger charge is -2.09. The van der Waals surface area contributed by atoms with Crippen LogP contribution in [0, 0.1) is 6.92 Å². The van der Waals surface area contributed by atoms with E-state index in [1.807, 2.05) is 26.1 Å². The summed E-state index contributed by atoms with van der Waals surface area (Å²) >= 11 is 0. The van der Waals surface area contributed by atoms with Gasteiger partial charge in [0, 0.05) is 24.7 Å². The number of nitrogens with zero attached hydrogens (tertiary/aromatic N) is 2. The Kier molecular flexibility index (Phi) is 4.27. The Bertz CT molecular complexity index is 529. The molecule has 0 fully saturated rings. The van der Waals surface area contributed by atoms with E-state index in [2.05, 4.69) is 24.3 Å². The Morgan fingerprint density at radius 2 is 2.26 bits per heavy atom. The minimum atomic E-state index is 0.429. The van der Waals surface area contributed by atoms with Crippen LogP contribution in [-0.2, 0) is 20.2 Å².